The van der Waals surface area contributed by atoms with Gasteiger partial charge in [0, 0.05) is 18.5 Å². The molecule has 16 heavy (non-hydrogen) atoms. The highest BCUT2D eigenvalue weighted by atomic mass is 16.2. The molecule has 0 aromatic carbocycles. The lowest BCUT2D eigenvalue weighted by atomic mass is 9.95. The Kier molecular flexibility index (Phi) is 3.82. The van der Waals surface area contributed by atoms with Crippen molar-refractivity contribution in [3.05, 3.63) is 0 Å². The van der Waals surface area contributed by atoms with Crippen LogP contribution in [0.5, 0.6) is 0 Å². The van der Waals surface area contributed by atoms with Gasteiger partial charge in [0.25, 0.3) is 0 Å². The van der Waals surface area contributed by atoms with E-state index >= 15 is 0 Å². The third kappa shape index (κ3) is 2.55. The lowest BCUT2D eigenvalue weighted by molar-refractivity contribution is -0.126. The topological polar surface area (TPSA) is 58.4 Å². The first-order valence-corrected chi connectivity index (χ1v) is 6.39. The van der Waals surface area contributed by atoms with Crippen LogP contribution >= 0.6 is 0 Å². The van der Waals surface area contributed by atoms with E-state index in [9.17, 15) is 4.79 Å². The molecule has 0 aromatic rings. The number of amides is 1. The number of hydrogen-bond acceptors (Lipinski definition) is 3. The number of hydrogen-bond donors (Lipinski definition) is 2. The lowest BCUT2D eigenvalue weighted by Gasteiger charge is -2.20. The number of rotatable bonds is 3. The fourth-order valence-electron chi connectivity index (χ4n) is 3.03. The maximum absolute atomic E-state index is 12.1. The SMILES string of the molecule is CN1CCC(NC(=O)C2CCCC2CN)C1. The molecular formula is C12H23N3O. The van der Waals surface area contributed by atoms with Crippen LogP contribution in [-0.4, -0.2) is 43.5 Å². The van der Waals surface area contributed by atoms with Crippen LogP contribution in [-0.2, 0) is 4.79 Å². The molecule has 0 radical (unpaired) electrons. The second-order valence-electron chi connectivity index (χ2n) is 5.29. The zero-order valence-corrected chi connectivity index (χ0v) is 10.1. The van der Waals surface area contributed by atoms with Gasteiger partial charge < -0.3 is 16.0 Å². The molecule has 1 aliphatic carbocycles. The zero-order chi connectivity index (χ0) is 11.5. The molecule has 92 valence electrons. The largest absolute Gasteiger partial charge is 0.352 e. The first kappa shape index (κ1) is 11.9. The van der Waals surface area contributed by atoms with Gasteiger partial charge in [0.2, 0.25) is 5.91 Å². The molecule has 2 aliphatic rings. The van der Waals surface area contributed by atoms with Crippen molar-refractivity contribution in [1.82, 2.24) is 10.2 Å². The summed E-state index contributed by atoms with van der Waals surface area (Å²) in [4.78, 5) is 14.4. The van der Waals surface area contributed by atoms with Gasteiger partial charge in [-0.15, -0.1) is 0 Å². The number of carbonyl (C=O) groups excluding carboxylic acids is 1. The molecule has 2 rings (SSSR count). The van der Waals surface area contributed by atoms with Crippen molar-refractivity contribution in [3.8, 4) is 0 Å². The van der Waals surface area contributed by atoms with Gasteiger partial charge >= 0.3 is 0 Å². The molecule has 1 aliphatic heterocycles. The van der Waals surface area contributed by atoms with Crippen molar-refractivity contribution in [2.45, 2.75) is 31.7 Å². The second-order valence-corrected chi connectivity index (χ2v) is 5.29. The van der Waals surface area contributed by atoms with Crippen molar-refractivity contribution in [2.75, 3.05) is 26.7 Å². The smallest absolute Gasteiger partial charge is 0.223 e. The number of likely N-dealkylation sites (tertiary alicyclic amines) is 1. The summed E-state index contributed by atoms with van der Waals surface area (Å²) in [6.45, 7) is 2.74. The number of nitrogens with zero attached hydrogens (tertiary/aromatic N) is 1. The lowest BCUT2D eigenvalue weighted by Crippen LogP contribution is -2.42. The van der Waals surface area contributed by atoms with Gasteiger partial charge in [-0.25, -0.2) is 0 Å². The van der Waals surface area contributed by atoms with Gasteiger partial charge in [-0.05, 0) is 45.3 Å². The van der Waals surface area contributed by atoms with Gasteiger partial charge in [0.15, 0.2) is 0 Å². The Balaban J connectivity index is 1.83. The molecule has 0 aromatic heterocycles. The summed E-state index contributed by atoms with van der Waals surface area (Å²) < 4.78 is 0. The minimum atomic E-state index is 0.177. The molecule has 4 heteroatoms. The highest BCUT2D eigenvalue weighted by molar-refractivity contribution is 5.79. The molecule has 1 saturated carbocycles. The molecule has 1 amide bonds. The van der Waals surface area contributed by atoms with Crippen LogP contribution in [0, 0.1) is 11.8 Å². The molecule has 3 N–H and O–H groups in total. The van der Waals surface area contributed by atoms with Crippen molar-refractivity contribution in [2.24, 2.45) is 17.6 Å². The van der Waals surface area contributed by atoms with Gasteiger partial charge in [-0.1, -0.05) is 6.42 Å². The van der Waals surface area contributed by atoms with E-state index in [1.54, 1.807) is 0 Å². The van der Waals surface area contributed by atoms with Crippen LogP contribution in [0.2, 0.25) is 0 Å². The predicted octanol–water partition coefficient (Wildman–Crippen LogP) is 0.182. The van der Waals surface area contributed by atoms with Crippen LogP contribution in [0.25, 0.3) is 0 Å². The first-order valence-electron chi connectivity index (χ1n) is 6.39. The fraction of sp³-hybridized carbons (Fsp3) is 0.917. The predicted molar refractivity (Wildman–Crippen MR) is 63.9 cm³/mol. The minimum Gasteiger partial charge on any atom is -0.352 e. The van der Waals surface area contributed by atoms with Crippen LogP contribution in [0.4, 0.5) is 0 Å². The van der Waals surface area contributed by atoms with Crippen molar-refractivity contribution in [1.29, 1.82) is 0 Å². The Morgan fingerprint density at radius 2 is 2.25 bits per heavy atom. The van der Waals surface area contributed by atoms with E-state index in [4.69, 9.17) is 5.73 Å². The highest BCUT2D eigenvalue weighted by Gasteiger charge is 2.33. The van der Waals surface area contributed by atoms with E-state index in [2.05, 4.69) is 17.3 Å². The number of carbonyl (C=O) groups is 1. The Labute approximate surface area is 97.6 Å². The molecule has 2 fully saturated rings. The quantitative estimate of drug-likeness (QED) is 0.720. The maximum atomic E-state index is 12.1. The van der Waals surface area contributed by atoms with Crippen molar-refractivity contribution < 1.29 is 4.79 Å². The number of nitrogens with one attached hydrogen (secondary N) is 1. The first-order chi connectivity index (χ1) is 7.70. The highest BCUT2D eigenvalue weighted by Crippen LogP contribution is 2.31. The third-order valence-electron chi connectivity index (χ3n) is 4.04. The van der Waals surface area contributed by atoms with E-state index in [0.717, 1.165) is 38.8 Å². The standard InChI is InChI=1S/C12H23N3O/c1-15-6-5-10(8-15)14-12(16)11-4-2-3-9(11)7-13/h9-11H,2-8,13H2,1H3,(H,14,16). The number of likely N-dealkylation sites (N-methyl/N-ethyl adjacent to an activating group) is 1. The molecule has 3 atom stereocenters. The van der Waals surface area contributed by atoms with Gasteiger partial charge in [-0.3, -0.25) is 4.79 Å². The van der Waals surface area contributed by atoms with Crippen molar-refractivity contribution in [3.63, 3.8) is 0 Å². The third-order valence-corrected chi connectivity index (χ3v) is 4.04. The van der Waals surface area contributed by atoms with E-state index in [1.807, 2.05) is 0 Å². The summed E-state index contributed by atoms with van der Waals surface area (Å²) in [5.41, 5.74) is 5.70. The molecule has 0 spiro atoms. The average molecular weight is 225 g/mol. The van der Waals surface area contributed by atoms with E-state index in [1.165, 1.54) is 0 Å². The van der Waals surface area contributed by atoms with Gasteiger partial charge in [0.1, 0.15) is 0 Å². The van der Waals surface area contributed by atoms with Crippen LogP contribution in [0.3, 0.4) is 0 Å². The summed E-state index contributed by atoms with van der Waals surface area (Å²) in [7, 11) is 2.10. The monoisotopic (exact) mass is 225 g/mol. The van der Waals surface area contributed by atoms with E-state index in [-0.39, 0.29) is 11.8 Å². The van der Waals surface area contributed by atoms with Gasteiger partial charge in [0.05, 0.1) is 0 Å². The zero-order valence-electron chi connectivity index (χ0n) is 10.1. The summed E-state index contributed by atoms with van der Waals surface area (Å²) in [6, 6.07) is 0.358. The fourth-order valence-corrected chi connectivity index (χ4v) is 3.03. The normalized spacial score (nSPS) is 35.5. The molecule has 4 nitrogen and oxygen atoms in total. The van der Waals surface area contributed by atoms with Crippen molar-refractivity contribution >= 4 is 5.91 Å². The maximum Gasteiger partial charge on any atom is 0.223 e. The molecule has 3 unspecified atom stereocenters. The summed E-state index contributed by atoms with van der Waals surface area (Å²) >= 11 is 0. The minimum absolute atomic E-state index is 0.177. The Morgan fingerprint density at radius 1 is 1.44 bits per heavy atom. The molecular weight excluding hydrogens is 202 g/mol. The molecule has 1 heterocycles. The van der Waals surface area contributed by atoms with Crippen LogP contribution in [0.1, 0.15) is 25.7 Å². The second kappa shape index (κ2) is 5.15. The van der Waals surface area contributed by atoms with E-state index < -0.39 is 0 Å². The summed E-state index contributed by atoms with van der Waals surface area (Å²) in [6.07, 6.45) is 4.39. The Hall–Kier alpha value is -0.610. The number of nitrogens with two attached hydrogens (primary N) is 1. The Morgan fingerprint density at radius 3 is 2.88 bits per heavy atom. The van der Waals surface area contributed by atoms with Crippen LogP contribution in [0.15, 0.2) is 0 Å². The molecule has 0 bridgehead atoms. The Bertz CT molecular complexity index is 257. The average Bonchev–Trinajstić information content (AvgIpc) is 2.86. The summed E-state index contributed by atoms with van der Waals surface area (Å²) in [5.74, 6) is 0.836. The van der Waals surface area contributed by atoms with E-state index in [0.29, 0.717) is 18.5 Å². The summed E-state index contributed by atoms with van der Waals surface area (Å²) in [5, 5.41) is 3.18. The van der Waals surface area contributed by atoms with Gasteiger partial charge in [-0.2, -0.15) is 0 Å². The molecule has 1 saturated heterocycles. The van der Waals surface area contributed by atoms with Crippen LogP contribution < -0.4 is 11.1 Å².